The zero-order chi connectivity index (χ0) is 15.2. The second kappa shape index (κ2) is 7.35. The summed E-state index contributed by atoms with van der Waals surface area (Å²) in [5.74, 6) is 0. The van der Waals surface area contributed by atoms with Gasteiger partial charge in [0.25, 0.3) is 0 Å². The van der Waals surface area contributed by atoms with Gasteiger partial charge in [0.05, 0.1) is 19.3 Å². The number of aliphatic hydroxyl groups excluding tert-OH is 2. The molecule has 5 atom stereocenters. The zero-order valence-electron chi connectivity index (χ0n) is 11.1. The van der Waals surface area contributed by atoms with Gasteiger partial charge in [0, 0.05) is 4.91 Å². The van der Waals surface area contributed by atoms with E-state index in [1.54, 1.807) is 12.1 Å². The van der Waals surface area contributed by atoms with Gasteiger partial charge in [-0.05, 0) is 11.1 Å². The molecule has 1 saturated heterocycles. The summed E-state index contributed by atoms with van der Waals surface area (Å²) >= 11 is 0. The first kappa shape index (κ1) is 15.7. The zero-order valence-corrected chi connectivity index (χ0v) is 11.1. The summed E-state index contributed by atoms with van der Waals surface area (Å²) in [5.41, 5.74) is 9.26. The van der Waals surface area contributed by atoms with Gasteiger partial charge in [-0.15, -0.1) is 0 Å². The molecule has 7 nitrogen and oxygen atoms in total. The normalized spacial score (nSPS) is 32.4. The number of hydrogen-bond acceptors (Lipinski definition) is 5. The Bertz CT molecular complexity index is 497. The highest BCUT2D eigenvalue weighted by molar-refractivity contribution is 5.13. The summed E-state index contributed by atoms with van der Waals surface area (Å²) in [5, 5.41) is 22.2. The SMILES string of the molecule is [N-]=[N+]=N[C@@H]1[C@H](O)[C@@H](CO)O[C@H](OCc2ccccc2)[C@H]1F. The second-order valence-corrected chi connectivity index (χ2v) is 4.65. The van der Waals surface area contributed by atoms with Crippen LogP contribution in [-0.4, -0.2) is 47.5 Å². The minimum atomic E-state index is -1.82. The van der Waals surface area contributed by atoms with Crippen LogP contribution < -0.4 is 0 Å². The number of nitrogens with zero attached hydrogens (tertiary/aromatic N) is 3. The number of aliphatic hydroxyl groups is 2. The minimum absolute atomic E-state index is 0.100. The average molecular weight is 297 g/mol. The third-order valence-corrected chi connectivity index (χ3v) is 3.25. The second-order valence-electron chi connectivity index (χ2n) is 4.65. The van der Waals surface area contributed by atoms with Crippen LogP contribution in [0.5, 0.6) is 0 Å². The molecule has 21 heavy (non-hydrogen) atoms. The molecule has 8 heteroatoms. The van der Waals surface area contributed by atoms with E-state index in [0.717, 1.165) is 5.56 Å². The maximum absolute atomic E-state index is 14.2. The lowest BCUT2D eigenvalue weighted by Gasteiger charge is -2.38. The Hall–Kier alpha value is -1.70. The number of azide groups is 1. The van der Waals surface area contributed by atoms with Gasteiger partial charge >= 0.3 is 0 Å². The molecule has 0 aromatic heterocycles. The third-order valence-electron chi connectivity index (χ3n) is 3.25. The van der Waals surface area contributed by atoms with Gasteiger partial charge in [0.1, 0.15) is 12.1 Å². The molecule has 1 aliphatic heterocycles. The van der Waals surface area contributed by atoms with Crippen LogP contribution >= 0.6 is 0 Å². The summed E-state index contributed by atoms with van der Waals surface area (Å²) in [6, 6.07) is 7.72. The van der Waals surface area contributed by atoms with E-state index in [4.69, 9.17) is 20.1 Å². The largest absolute Gasteiger partial charge is 0.394 e. The molecule has 2 N–H and O–H groups in total. The maximum atomic E-state index is 14.2. The molecule has 0 amide bonds. The van der Waals surface area contributed by atoms with E-state index in [-0.39, 0.29) is 6.61 Å². The van der Waals surface area contributed by atoms with Gasteiger partial charge in [0.2, 0.25) is 0 Å². The molecule has 1 aromatic rings. The van der Waals surface area contributed by atoms with E-state index in [1.807, 2.05) is 18.2 Å². The van der Waals surface area contributed by atoms with Gasteiger partial charge in [-0.3, -0.25) is 0 Å². The van der Waals surface area contributed by atoms with Crippen molar-refractivity contribution in [3.8, 4) is 0 Å². The molecule has 2 rings (SSSR count). The van der Waals surface area contributed by atoms with Crippen LogP contribution in [0.15, 0.2) is 35.4 Å². The molecule has 1 aromatic carbocycles. The number of alkyl halides is 1. The predicted octanol–water partition coefficient (Wildman–Crippen LogP) is 1.30. The highest BCUT2D eigenvalue weighted by Gasteiger charge is 2.45. The van der Waals surface area contributed by atoms with E-state index in [0.29, 0.717) is 0 Å². The smallest absolute Gasteiger partial charge is 0.190 e. The summed E-state index contributed by atoms with van der Waals surface area (Å²) in [4.78, 5) is 2.51. The first-order valence-electron chi connectivity index (χ1n) is 6.45. The van der Waals surface area contributed by atoms with E-state index >= 15 is 0 Å². The fourth-order valence-electron chi connectivity index (χ4n) is 2.12. The summed E-state index contributed by atoms with van der Waals surface area (Å²) in [6.45, 7) is -0.431. The van der Waals surface area contributed by atoms with Gasteiger partial charge in [0.15, 0.2) is 12.5 Å². The first-order chi connectivity index (χ1) is 10.2. The number of rotatable bonds is 5. The summed E-state index contributed by atoms with van der Waals surface area (Å²) in [6.07, 6.45) is -5.62. The van der Waals surface area contributed by atoms with Crippen LogP contribution in [0.3, 0.4) is 0 Å². The van der Waals surface area contributed by atoms with Gasteiger partial charge in [-0.25, -0.2) is 4.39 Å². The number of benzene rings is 1. The highest BCUT2D eigenvalue weighted by Crippen LogP contribution is 2.27. The number of hydrogen-bond donors (Lipinski definition) is 2. The van der Waals surface area contributed by atoms with Crippen molar-refractivity contribution in [2.75, 3.05) is 6.61 Å². The quantitative estimate of drug-likeness (QED) is 0.485. The standard InChI is InChI=1S/C13H16FN3O4/c14-10-11(16-17-15)12(19)9(6-18)21-13(10)20-7-8-4-2-1-3-5-8/h1-5,9-13,18-19H,6-7H2/t9-,10+,11+,12-,13+/m1/s1. The fraction of sp³-hybridized carbons (Fsp3) is 0.538. The van der Waals surface area contributed by atoms with E-state index in [1.165, 1.54) is 0 Å². The minimum Gasteiger partial charge on any atom is -0.394 e. The molecule has 0 bridgehead atoms. The molecule has 0 aliphatic carbocycles. The Balaban J connectivity index is 2.05. The molecule has 0 unspecified atom stereocenters. The van der Waals surface area contributed by atoms with Crippen LogP contribution in [0.2, 0.25) is 0 Å². The van der Waals surface area contributed by atoms with Crippen molar-refractivity contribution in [2.24, 2.45) is 5.11 Å². The average Bonchev–Trinajstić information content (AvgIpc) is 2.52. The van der Waals surface area contributed by atoms with E-state index < -0.39 is 37.3 Å². The molecule has 1 aliphatic rings. The summed E-state index contributed by atoms with van der Waals surface area (Å²) in [7, 11) is 0. The predicted molar refractivity (Wildman–Crippen MR) is 70.8 cm³/mol. The molecule has 1 fully saturated rings. The van der Waals surface area contributed by atoms with Crippen molar-refractivity contribution in [1.29, 1.82) is 0 Å². The number of halogens is 1. The summed E-state index contributed by atoms with van der Waals surface area (Å²) < 4.78 is 24.7. The maximum Gasteiger partial charge on any atom is 0.190 e. The molecule has 0 radical (unpaired) electrons. The van der Waals surface area contributed by atoms with E-state index in [9.17, 15) is 9.50 Å². The lowest BCUT2D eigenvalue weighted by atomic mass is 9.98. The van der Waals surface area contributed by atoms with Gasteiger partial charge in [-0.1, -0.05) is 35.4 Å². The fourth-order valence-corrected chi connectivity index (χ4v) is 2.12. The van der Waals surface area contributed by atoms with Crippen molar-refractivity contribution in [2.45, 2.75) is 37.3 Å². The molecule has 0 spiro atoms. The highest BCUT2D eigenvalue weighted by atomic mass is 19.1. The third kappa shape index (κ3) is 3.69. The van der Waals surface area contributed by atoms with E-state index in [2.05, 4.69) is 10.0 Å². The Labute approximate surface area is 120 Å². The lowest BCUT2D eigenvalue weighted by molar-refractivity contribution is -0.265. The molecule has 0 saturated carbocycles. The van der Waals surface area contributed by atoms with Crippen molar-refractivity contribution >= 4 is 0 Å². The molecular formula is C13H16FN3O4. The molecular weight excluding hydrogens is 281 g/mol. The first-order valence-corrected chi connectivity index (χ1v) is 6.45. The van der Waals surface area contributed by atoms with Crippen molar-refractivity contribution in [1.82, 2.24) is 0 Å². The van der Waals surface area contributed by atoms with Crippen molar-refractivity contribution < 1.29 is 24.1 Å². The Morgan fingerprint density at radius 2 is 2.10 bits per heavy atom. The van der Waals surface area contributed by atoms with Crippen molar-refractivity contribution in [3.63, 3.8) is 0 Å². The van der Waals surface area contributed by atoms with Crippen LogP contribution in [0.4, 0.5) is 4.39 Å². The van der Waals surface area contributed by atoms with Crippen LogP contribution in [0.25, 0.3) is 10.4 Å². The topological polar surface area (TPSA) is 108 Å². The monoisotopic (exact) mass is 297 g/mol. The molecule has 1 heterocycles. The van der Waals surface area contributed by atoms with Crippen molar-refractivity contribution in [3.05, 3.63) is 46.3 Å². The Kier molecular flexibility index (Phi) is 5.49. The van der Waals surface area contributed by atoms with Crippen LogP contribution in [-0.2, 0) is 16.1 Å². The molecule has 114 valence electrons. The Morgan fingerprint density at radius 3 is 2.71 bits per heavy atom. The van der Waals surface area contributed by atoms with Crippen LogP contribution in [0, 0.1) is 0 Å². The van der Waals surface area contributed by atoms with Gasteiger partial charge < -0.3 is 19.7 Å². The van der Waals surface area contributed by atoms with Gasteiger partial charge in [-0.2, -0.15) is 0 Å². The number of ether oxygens (including phenoxy) is 2. The Morgan fingerprint density at radius 1 is 1.38 bits per heavy atom. The lowest BCUT2D eigenvalue weighted by Crippen LogP contribution is -2.56. The van der Waals surface area contributed by atoms with Crippen LogP contribution in [0.1, 0.15) is 5.56 Å².